The molecule has 2 aliphatic rings. The van der Waals surface area contributed by atoms with Gasteiger partial charge in [-0.1, -0.05) is 64.7 Å². The molecule has 268 valence electrons. The van der Waals surface area contributed by atoms with Crippen molar-refractivity contribution in [1.29, 1.82) is 0 Å². The number of amidine groups is 1. The summed E-state index contributed by atoms with van der Waals surface area (Å²) >= 11 is 1.63. The van der Waals surface area contributed by atoms with Gasteiger partial charge in [0.15, 0.2) is 17.5 Å². The minimum Gasteiger partial charge on any atom is -0.433 e. The molecule has 1 N–H and O–H groups in total. The van der Waals surface area contributed by atoms with Crippen LogP contribution in [0.1, 0.15) is 85.1 Å². The van der Waals surface area contributed by atoms with Crippen LogP contribution >= 0.6 is 11.8 Å². The number of carbonyl (C=O) groups is 3. The standard InChI is InChI=1S/C36H50N4O7S2/c1-7-10-15-26(9-3)24-48-29-19-18-25(4)23-28(29)38-33(41)31(40-34(42)36(5,6)47-35(40)43)32-37-27-16-12-13-17-30(27)49(44,45)39(32)20-14-22-46-21-11-8-2/h12-13,16-19,23,26,31H,7-11,14-15,20-22,24H2,1-6H3,(H,38,41). The van der Waals surface area contributed by atoms with E-state index in [1.54, 1.807) is 23.9 Å². The van der Waals surface area contributed by atoms with Gasteiger partial charge in [-0.3, -0.25) is 13.9 Å². The number of thioether (sulfide) groups is 1. The van der Waals surface area contributed by atoms with Crippen molar-refractivity contribution in [2.75, 3.05) is 30.8 Å². The van der Waals surface area contributed by atoms with Gasteiger partial charge in [-0.2, -0.15) is 0 Å². The second kappa shape index (κ2) is 17.0. The summed E-state index contributed by atoms with van der Waals surface area (Å²) in [5.74, 6) is -0.471. The van der Waals surface area contributed by atoms with E-state index in [-0.39, 0.29) is 36.0 Å². The number of anilines is 1. The molecule has 0 aromatic heterocycles. The van der Waals surface area contributed by atoms with Gasteiger partial charge >= 0.3 is 6.09 Å². The van der Waals surface area contributed by atoms with Crippen molar-refractivity contribution in [3.8, 4) is 0 Å². The lowest BCUT2D eigenvalue weighted by Crippen LogP contribution is -2.59. The molecule has 2 unspecified atom stereocenters. The van der Waals surface area contributed by atoms with E-state index in [1.807, 2.05) is 25.1 Å². The molecular weight excluding hydrogens is 665 g/mol. The third kappa shape index (κ3) is 9.04. The molecule has 0 radical (unpaired) electrons. The Labute approximate surface area is 295 Å². The maximum absolute atomic E-state index is 14.6. The Bertz CT molecular complexity index is 1640. The number of hydrogen-bond donors (Lipinski definition) is 1. The fourth-order valence-electron chi connectivity index (χ4n) is 5.71. The monoisotopic (exact) mass is 714 g/mol. The molecule has 2 aromatic rings. The lowest BCUT2D eigenvalue weighted by atomic mass is 10.0. The Morgan fingerprint density at radius 1 is 1.04 bits per heavy atom. The number of unbranched alkanes of at least 4 members (excludes halogenated alkanes) is 2. The zero-order chi connectivity index (χ0) is 35.8. The van der Waals surface area contributed by atoms with E-state index in [1.165, 1.54) is 26.0 Å². The van der Waals surface area contributed by atoms with E-state index >= 15 is 0 Å². The number of carbonyl (C=O) groups excluding carboxylic acids is 3. The summed E-state index contributed by atoms with van der Waals surface area (Å²) in [7, 11) is -4.25. The van der Waals surface area contributed by atoms with Gasteiger partial charge in [0.25, 0.3) is 21.8 Å². The minimum absolute atomic E-state index is 0.0358. The van der Waals surface area contributed by atoms with Crippen LogP contribution in [0.3, 0.4) is 0 Å². The van der Waals surface area contributed by atoms with Gasteiger partial charge in [0, 0.05) is 30.4 Å². The summed E-state index contributed by atoms with van der Waals surface area (Å²) in [5.41, 5.74) is -0.0738. The summed E-state index contributed by atoms with van der Waals surface area (Å²) in [5, 5.41) is 2.95. The zero-order valence-corrected chi connectivity index (χ0v) is 31.1. The zero-order valence-electron chi connectivity index (χ0n) is 29.5. The first-order valence-electron chi connectivity index (χ1n) is 17.2. The molecule has 2 heterocycles. The molecule has 2 atom stereocenters. The van der Waals surface area contributed by atoms with Crippen LogP contribution in [0, 0.1) is 12.8 Å². The van der Waals surface area contributed by atoms with Gasteiger partial charge in [0.2, 0.25) is 0 Å². The molecule has 0 aliphatic carbocycles. The molecule has 0 bridgehead atoms. The summed E-state index contributed by atoms with van der Waals surface area (Å²) < 4.78 is 40.5. The summed E-state index contributed by atoms with van der Waals surface area (Å²) in [4.78, 5) is 47.8. The molecule has 1 fully saturated rings. The smallest absolute Gasteiger partial charge is 0.418 e. The lowest BCUT2D eigenvalue weighted by molar-refractivity contribution is -0.137. The highest BCUT2D eigenvalue weighted by atomic mass is 32.2. The van der Waals surface area contributed by atoms with Crippen LogP contribution in [0.5, 0.6) is 0 Å². The number of ether oxygens (including phenoxy) is 2. The van der Waals surface area contributed by atoms with Crippen LogP contribution in [0.15, 0.2) is 57.2 Å². The fourth-order valence-corrected chi connectivity index (χ4v) is 8.58. The van der Waals surface area contributed by atoms with Crippen LogP contribution in [-0.2, 0) is 29.1 Å². The Morgan fingerprint density at radius 3 is 2.43 bits per heavy atom. The van der Waals surface area contributed by atoms with Crippen molar-refractivity contribution in [3.05, 3.63) is 48.0 Å². The van der Waals surface area contributed by atoms with Crippen LogP contribution in [-0.4, -0.2) is 78.5 Å². The van der Waals surface area contributed by atoms with Crippen molar-refractivity contribution in [2.45, 2.75) is 108 Å². The number of cyclic esters (lactones) is 1. The number of fused-ring (bicyclic) bond motifs is 1. The maximum atomic E-state index is 14.6. The minimum atomic E-state index is -4.25. The Balaban J connectivity index is 1.77. The average molecular weight is 715 g/mol. The number of nitrogens with one attached hydrogen (secondary N) is 1. The first kappa shape index (κ1) is 38.4. The number of para-hydroxylation sites is 1. The van der Waals surface area contributed by atoms with Gasteiger partial charge in [-0.05, 0) is 75.8 Å². The molecule has 2 aliphatic heterocycles. The number of imide groups is 1. The molecular formula is C36H50N4O7S2. The van der Waals surface area contributed by atoms with Crippen molar-refractivity contribution in [1.82, 2.24) is 9.21 Å². The molecule has 3 amide bonds. The topological polar surface area (TPSA) is 135 Å². The van der Waals surface area contributed by atoms with E-state index in [0.29, 0.717) is 23.1 Å². The average Bonchev–Trinajstić information content (AvgIpc) is 3.26. The van der Waals surface area contributed by atoms with Gasteiger partial charge in [0.05, 0.1) is 11.4 Å². The molecule has 2 aromatic carbocycles. The highest BCUT2D eigenvalue weighted by molar-refractivity contribution is 7.99. The van der Waals surface area contributed by atoms with Crippen LogP contribution in [0.4, 0.5) is 16.2 Å². The van der Waals surface area contributed by atoms with Crippen molar-refractivity contribution < 1.29 is 32.3 Å². The van der Waals surface area contributed by atoms with Crippen molar-refractivity contribution in [3.63, 3.8) is 0 Å². The van der Waals surface area contributed by atoms with Crippen LogP contribution < -0.4 is 5.32 Å². The van der Waals surface area contributed by atoms with Gasteiger partial charge in [0.1, 0.15) is 4.90 Å². The first-order valence-corrected chi connectivity index (χ1v) is 19.7. The van der Waals surface area contributed by atoms with E-state index in [2.05, 4.69) is 31.1 Å². The van der Waals surface area contributed by atoms with E-state index in [0.717, 1.165) is 59.0 Å². The molecule has 11 nitrogen and oxygen atoms in total. The molecule has 49 heavy (non-hydrogen) atoms. The Kier molecular flexibility index (Phi) is 13.3. The van der Waals surface area contributed by atoms with Gasteiger partial charge in [-0.15, -0.1) is 11.8 Å². The lowest BCUT2D eigenvalue weighted by Gasteiger charge is -2.35. The summed E-state index contributed by atoms with van der Waals surface area (Å²) in [6, 6.07) is 10.2. The maximum Gasteiger partial charge on any atom is 0.418 e. The number of aryl methyl sites for hydroxylation is 1. The quantitative estimate of drug-likeness (QED) is 0.126. The number of sulfonamides is 1. The number of rotatable bonds is 18. The van der Waals surface area contributed by atoms with Crippen molar-refractivity contribution in [2.24, 2.45) is 10.9 Å². The molecule has 0 spiro atoms. The van der Waals surface area contributed by atoms with E-state index in [9.17, 15) is 22.8 Å². The highest BCUT2D eigenvalue weighted by Gasteiger charge is 2.55. The third-order valence-corrected chi connectivity index (χ3v) is 11.8. The first-order chi connectivity index (χ1) is 23.3. The second-order valence-corrected chi connectivity index (χ2v) is 15.9. The van der Waals surface area contributed by atoms with E-state index in [4.69, 9.17) is 9.47 Å². The Morgan fingerprint density at radius 2 is 1.76 bits per heavy atom. The molecule has 13 heteroatoms. The molecule has 0 saturated carbocycles. The van der Waals surface area contributed by atoms with Crippen LogP contribution in [0.25, 0.3) is 0 Å². The predicted molar refractivity (Wildman–Crippen MR) is 193 cm³/mol. The van der Waals surface area contributed by atoms with Crippen molar-refractivity contribution >= 4 is 56.9 Å². The largest absolute Gasteiger partial charge is 0.433 e. The molecule has 1 saturated heterocycles. The summed E-state index contributed by atoms with van der Waals surface area (Å²) in [6.07, 6.45) is 5.47. The number of nitrogens with zero attached hydrogens (tertiary/aromatic N) is 3. The molecule has 4 rings (SSSR count). The third-order valence-electron chi connectivity index (χ3n) is 8.65. The normalized spacial score (nSPS) is 17.7. The summed E-state index contributed by atoms with van der Waals surface area (Å²) in [6.45, 7) is 11.9. The van der Waals surface area contributed by atoms with Crippen LogP contribution in [0.2, 0.25) is 0 Å². The van der Waals surface area contributed by atoms with Gasteiger partial charge in [-0.25, -0.2) is 23.1 Å². The number of aliphatic imine (C=N–C) groups is 1. The SMILES string of the molecule is CCCCOCCCN1C(C(C(=O)Nc2cc(C)ccc2SCC(CC)CCCC)N2C(=O)OC(C)(C)C2=O)=Nc2ccccc2S1(=O)=O. The van der Waals surface area contributed by atoms with Gasteiger partial charge < -0.3 is 14.8 Å². The number of hydrogen-bond acceptors (Lipinski definition) is 9. The fraction of sp³-hybridized carbons (Fsp3) is 0.556. The Hall–Kier alpha value is -3.42. The van der Waals surface area contributed by atoms with E-state index < -0.39 is 39.6 Å². The second-order valence-electron chi connectivity index (χ2n) is 13.0. The number of amides is 3. The predicted octanol–water partition coefficient (Wildman–Crippen LogP) is 7.31. The number of benzene rings is 2. The highest BCUT2D eigenvalue weighted by Crippen LogP contribution is 2.37.